The summed E-state index contributed by atoms with van der Waals surface area (Å²) in [6.07, 6.45) is -0.970. The van der Waals surface area contributed by atoms with Crippen molar-refractivity contribution in [1.29, 1.82) is 5.41 Å². The monoisotopic (exact) mass is 369 g/mol. The number of fused-ring (bicyclic) bond motifs is 1. The number of non-ortho nitro benzene ring substituents is 1. The molecule has 0 aliphatic carbocycles. The van der Waals surface area contributed by atoms with Gasteiger partial charge in [0.05, 0.1) is 10.4 Å². The molecule has 0 saturated heterocycles. The summed E-state index contributed by atoms with van der Waals surface area (Å²) in [5, 5.41) is 46.3. The fourth-order valence-corrected chi connectivity index (χ4v) is 2.87. The standard InChI is InChI=1S/C15H12BN5O4S/c17-15(26-16(23)9-4-2-1-3-5-9)20-19-13-11-7-6-10(21(24)25)8-12(11)18-14(13)22/h1-8,17-18,22-23H. The first-order chi connectivity index (χ1) is 12.5. The highest BCUT2D eigenvalue weighted by Crippen LogP contribution is 2.37. The fourth-order valence-electron chi connectivity index (χ4n) is 2.28. The first kappa shape index (κ1) is 17.6. The molecule has 0 spiro atoms. The number of azo groups is 1. The number of aromatic nitrogens is 1. The van der Waals surface area contributed by atoms with Gasteiger partial charge in [-0.1, -0.05) is 41.9 Å². The molecule has 0 amide bonds. The van der Waals surface area contributed by atoms with Crippen molar-refractivity contribution in [3.8, 4) is 5.88 Å². The van der Waals surface area contributed by atoms with Crippen LogP contribution >= 0.6 is 11.6 Å². The molecular formula is C15H12BN5O4S. The van der Waals surface area contributed by atoms with Gasteiger partial charge in [-0.2, -0.15) is 0 Å². The predicted molar refractivity (Wildman–Crippen MR) is 101 cm³/mol. The summed E-state index contributed by atoms with van der Waals surface area (Å²) < 4.78 is 0. The number of hydrogen-bond acceptors (Lipinski definition) is 7. The van der Waals surface area contributed by atoms with Crippen LogP contribution in [0, 0.1) is 15.5 Å². The Morgan fingerprint density at radius 2 is 2.00 bits per heavy atom. The summed E-state index contributed by atoms with van der Waals surface area (Å²) >= 11 is 0.789. The second kappa shape index (κ2) is 7.37. The molecule has 11 heteroatoms. The first-order valence-electron chi connectivity index (χ1n) is 7.34. The largest absolute Gasteiger partial charge is 0.493 e. The number of H-pyrrole nitrogens is 1. The zero-order valence-electron chi connectivity index (χ0n) is 13.2. The Hall–Kier alpha value is -3.18. The average molecular weight is 369 g/mol. The number of nitrogens with one attached hydrogen (secondary N) is 2. The van der Waals surface area contributed by atoms with Crippen LogP contribution in [-0.4, -0.2) is 31.4 Å². The van der Waals surface area contributed by atoms with Crippen LogP contribution < -0.4 is 5.46 Å². The molecule has 0 fully saturated rings. The lowest BCUT2D eigenvalue weighted by Crippen LogP contribution is -2.27. The van der Waals surface area contributed by atoms with Crippen LogP contribution in [0.15, 0.2) is 58.8 Å². The number of nitro benzene ring substituents is 1. The molecule has 0 unspecified atom stereocenters. The minimum Gasteiger partial charge on any atom is -0.493 e. The number of hydrogen-bond donors (Lipinski definition) is 4. The van der Waals surface area contributed by atoms with E-state index in [1.165, 1.54) is 18.2 Å². The number of rotatable bonds is 4. The van der Waals surface area contributed by atoms with Crippen LogP contribution in [0.25, 0.3) is 10.9 Å². The zero-order valence-corrected chi connectivity index (χ0v) is 14.0. The highest BCUT2D eigenvalue weighted by atomic mass is 32.2. The van der Waals surface area contributed by atoms with Gasteiger partial charge in [0.1, 0.15) is 0 Å². The van der Waals surface area contributed by atoms with Crippen molar-refractivity contribution in [1.82, 2.24) is 4.98 Å². The number of benzene rings is 2. The van der Waals surface area contributed by atoms with Crippen LogP contribution in [-0.2, 0) is 0 Å². The van der Waals surface area contributed by atoms with E-state index in [0.717, 1.165) is 11.6 Å². The summed E-state index contributed by atoms with van der Waals surface area (Å²) in [7, 11) is 0. The van der Waals surface area contributed by atoms with Crippen LogP contribution in [0.4, 0.5) is 11.4 Å². The van der Waals surface area contributed by atoms with E-state index in [1.54, 1.807) is 24.3 Å². The van der Waals surface area contributed by atoms with Crippen LogP contribution in [0.1, 0.15) is 0 Å². The Morgan fingerprint density at radius 3 is 2.69 bits per heavy atom. The normalized spacial score (nSPS) is 11.1. The fraction of sp³-hybridized carbons (Fsp3) is 0. The summed E-state index contributed by atoms with van der Waals surface area (Å²) in [6.45, 7) is 0. The third-order valence-electron chi connectivity index (χ3n) is 3.50. The molecule has 0 radical (unpaired) electrons. The molecule has 0 aliphatic heterocycles. The van der Waals surface area contributed by atoms with Gasteiger partial charge in [-0.15, -0.1) is 10.2 Å². The van der Waals surface area contributed by atoms with Gasteiger partial charge in [-0.3, -0.25) is 15.5 Å². The number of aromatic amines is 1. The molecule has 3 aromatic rings. The number of amidine groups is 1. The van der Waals surface area contributed by atoms with Gasteiger partial charge in [0.2, 0.25) is 5.88 Å². The lowest BCUT2D eigenvalue weighted by atomic mass is 9.87. The molecular weight excluding hydrogens is 357 g/mol. The molecule has 2 aromatic carbocycles. The second-order valence-electron chi connectivity index (χ2n) is 5.20. The van der Waals surface area contributed by atoms with Crippen molar-refractivity contribution in [2.45, 2.75) is 0 Å². The van der Waals surface area contributed by atoms with E-state index < -0.39 is 11.1 Å². The van der Waals surface area contributed by atoms with Gasteiger partial charge in [0.25, 0.3) is 5.69 Å². The van der Waals surface area contributed by atoms with Gasteiger partial charge in [-0.25, -0.2) is 0 Å². The van der Waals surface area contributed by atoms with Crippen LogP contribution in [0.2, 0.25) is 0 Å². The molecule has 0 bridgehead atoms. The Labute approximate surface area is 151 Å². The number of aromatic hydroxyl groups is 1. The lowest BCUT2D eigenvalue weighted by molar-refractivity contribution is -0.384. The maximum Gasteiger partial charge on any atom is 0.402 e. The summed E-state index contributed by atoms with van der Waals surface area (Å²) in [5.41, 5.74) is 0.889. The third kappa shape index (κ3) is 3.73. The Balaban J connectivity index is 1.78. The van der Waals surface area contributed by atoms with Crippen molar-refractivity contribution in [3.63, 3.8) is 0 Å². The molecule has 1 aromatic heterocycles. The first-order valence-corrected chi connectivity index (χ1v) is 8.22. The summed E-state index contributed by atoms with van der Waals surface area (Å²) in [4.78, 5) is 12.8. The maximum atomic E-state index is 10.8. The molecule has 130 valence electrons. The molecule has 3 rings (SSSR count). The maximum absolute atomic E-state index is 10.8. The quantitative estimate of drug-likeness (QED) is 0.139. The SMILES string of the molecule is N=C(N=Nc1c(O)[nH]c2cc([N+](=O)[O-])ccc12)SB(O)c1ccccc1. The Morgan fingerprint density at radius 1 is 1.27 bits per heavy atom. The minimum absolute atomic E-state index is 0.0643. The van der Waals surface area contributed by atoms with Gasteiger partial charge >= 0.3 is 6.19 Å². The van der Waals surface area contributed by atoms with E-state index in [9.17, 15) is 20.2 Å². The molecule has 9 nitrogen and oxygen atoms in total. The second-order valence-corrected chi connectivity index (χ2v) is 6.26. The number of nitrogens with zero attached hydrogens (tertiary/aromatic N) is 3. The smallest absolute Gasteiger partial charge is 0.402 e. The molecule has 26 heavy (non-hydrogen) atoms. The lowest BCUT2D eigenvalue weighted by Gasteiger charge is -2.03. The van der Waals surface area contributed by atoms with Gasteiger partial charge in [0.15, 0.2) is 10.9 Å². The number of nitro groups is 1. The van der Waals surface area contributed by atoms with Crippen molar-refractivity contribution in [3.05, 3.63) is 58.6 Å². The van der Waals surface area contributed by atoms with Gasteiger partial charge in [0, 0.05) is 17.5 Å². The minimum atomic E-state index is -0.970. The average Bonchev–Trinajstić information content (AvgIpc) is 2.94. The Kier molecular flexibility index (Phi) is 5.00. The van der Waals surface area contributed by atoms with E-state index in [0.29, 0.717) is 16.4 Å². The van der Waals surface area contributed by atoms with Gasteiger partial charge in [-0.05, 0) is 11.5 Å². The molecule has 0 saturated carbocycles. The van der Waals surface area contributed by atoms with Crippen molar-refractivity contribution in [2.75, 3.05) is 0 Å². The zero-order chi connectivity index (χ0) is 18.7. The molecule has 4 N–H and O–H groups in total. The molecule has 0 aliphatic rings. The van der Waals surface area contributed by atoms with Crippen molar-refractivity contribution in [2.24, 2.45) is 10.2 Å². The highest BCUT2D eigenvalue weighted by Gasteiger charge is 2.18. The topological polar surface area (TPSA) is 148 Å². The van der Waals surface area contributed by atoms with E-state index in [1.807, 2.05) is 6.07 Å². The molecule has 1 heterocycles. The highest BCUT2D eigenvalue weighted by molar-refractivity contribution is 8.36. The summed E-state index contributed by atoms with van der Waals surface area (Å²) in [6, 6.07) is 12.8. The van der Waals surface area contributed by atoms with E-state index in [2.05, 4.69) is 15.2 Å². The van der Waals surface area contributed by atoms with Crippen molar-refractivity contribution < 1.29 is 15.1 Å². The van der Waals surface area contributed by atoms with E-state index in [4.69, 9.17) is 5.41 Å². The summed E-state index contributed by atoms with van der Waals surface area (Å²) in [5.74, 6) is -0.314. The van der Waals surface area contributed by atoms with E-state index in [-0.39, 0.29) is 22.4 Å². The van der Waals surface area contributed by atoms with Crippen LogP contribution in [0.3, 0.4) is 0 Å². The van der Waals surface area contributed by atoms with Gasteiger partial charge < -0.3 is 15.1 Å². The third-order valence-corrected chi connectivity index (χ3v) is 4.30. The predicted octanol–water partition coefficient (Wildman–Crippen LogP) is 2.92. The van der Waals surface area contributed by atoms with Crippen molar-refractivity contribution >= 4 is 50.7 Å². The van der Waals surface area contributed by atoms with Crippen LogP contribution in [0.5, 0.6) is 5.88 Å². The van der Waals surface area contributed by atoms with E-state index >= 15 is 0 Å². The molecule has 0 atom stereocenters. The Bertz CT molecular complexity index is 1010.